The van der Waals surface area contributed by atoms with Crippen LogP contribution in [0.25, 0.3) is 0 Å². The van der Waals surface area contributed by atoms with E-state index in [-0.39, 0.29) is 24.3 Å². The lowest BCUT2D eigenvalue weighted by molar-refractivity contribution is 0.00465. The van der Waals surface area contributed by atoms with E-state index in [9.17, 15) is 14.0 Å². The molecule has 160 valence electrons. The summed E-state index contributed by atoms with van der Waals surface area (Å²) in [5.74, 6) is -1.27. The maximum atomic E-state index is 13.5. The van der Waals surface area contributed by atoms with E-state index in [0.29, 0.717) is 38.4 Å². The van der Waals surface area contributed by atoms with Crippen molar-refractivity contribution < 1.29 is 8.78 Å². The molecule has 0 unspecified atom stereocenters. The minimum absolute atomic E-state index is 0.0358. The van der Waals surface area contributed by atoms with Crippen LogP contribution in [0.1, 0.15) is 36.9 Å². The Labute approximate surface area is 178 Å². The predicted octanol–water partition coefficient (Wildman–Crippen LogP) is 3.79. The van der Waals surface area contributed by atoms with Gasteiger partial charge in [-0.25, -0.2) is 13.8 Å². The summed E-state index contributed by atoms with van der Waals surface area (Å²) < 4.78 is 31.2. The summed E-state index contributed by atoms with van der Waals surface area (Å²) in [6, 6.07) is 4.18. The van der Waals surface area contributed by atoms with Crippen molar-refractivity contribution in [3.8, 4) is 6.07 Å². The molecule has 0 amide bonds. The van der Waals surface area contributed by atoms with Crippen molar-refractivity contribution in [3.05, 3.63) is 23.5 Å². The molecule has 7 nitrogen and oxygen atoms in total. The number of aromatic nitrogens is 3. The van der Waals surface area contributed by atoms with Gasteiger partial charge < -0.3 is 15.5 Å². The zero-order valence-corrected chi connectivity index (χ0v) is 17.9. The average molecular weight is 434 g/mol. The molecule has 30 heavy (non-hydrogen) atoms. The van der Waals surface area contributed by atoms with Crippen LogP contribution in [-0.2, 0) is 0 Å². The van der Waals surface area contributed by atoms with Crippen molar-refractivity contribution in [2.75, 3.05) is 29.9 Å². The SMILES string of the molecule is Cc1cc(Nc2ncc(C)c(N3CC(CC#N)(NC[C@@H]4CCC(F)(F)C4)C3)n2)sn1. The van der Waals surface area contributed by atoms with Crippen molar-refractivity contribution in [2.24, 2.45) is 5.92 Å². The van der Waals surface area contributed by atoms with Gasteiger partial charge >= 0.3 is 0 Å². The lowest BCUT2D eigenvalue weighted by Gasteiger charge is -2.51. The third-order valence-electron chi connectivity index (χ3n) is 5.78. The topological polar surface area (TPSA) is 89.8 Å². The number of anilines is 3. The molecule has 2 N–H and O–H groups in total. The number of alkyl halides is 2. The van der Waals surface area contributed by atoms with Crippen molar-refractivity contribution in [3.63, 3.8) is 0 Å². The standard InChI is InChI=1S/C20H25F2N7S/c1-13-9-24-18(26-16-7-14(2)28-30-16)27-17(13)29-11-19(12-29,5-6-23)25-10-15-3-4-20(21,22)8-15/h7,9,15,25H,3-5,8,10-12H2,1-2H3,(H,24,26,27)/t15-/m1/s1. The Kier molecular flexibility index (Phi) is 5.59. The van der Waals surface area contributed by atoms with E-state index in [4.69, 9.17) is 0 Å². The maximum absolute atomic E-state index is 13.5. The highest BCUT2D eigenvalue weighted by molar-refractivity contribution is 7.10. The number of hydrogen-bond donors (Lipinski definition) is 2. The Hall–Kier alpha value is -2.38. The van der Waals surface area contributed by atoms with Gasteiger partial charge in [0.25, 0.3) is 0 Å². The Morgan fingerprint density at radius 2 is 2.17 bits per heavy atom. The summed E-state index contributed by atoms with van der Waals surface area (Å²) in [4.78, 5) is 11.1. The third-order valence-corrected chi connectivity index (χ3v) is 6.58. The van der Waals surface area contributed by atoms with E-state index in [1.807, 2.05) is 19.9 Å². The van der Waals surface area contributed by atoms with Crippen LogP contribution in [0.4, 0.5) is 25.5 Å². The molecule has 1 saturated heterocycles. The van der Waals surface area contributed by atoms with Crippen LogP contribution in [0.5, 0.6) is 0 Å². The molecule has 10 heteroatoms. The first-order valence-corrected chi connectivity index (χ1v) is 10.8. The molecule has 0 bridgehead atoms. The zero-order chi connectivity index (χ0) is 21.4. The Bertz CT molecular complexity index is 949. The largest absolute Gasteiger partial charge is 0.352 e. The molecule has 0 aromatic carbocycles. The van der Waals surface area contributed by atoms with Crippen LogP contribution >= 0.6 is 11.5 Å². The highest BCUT2D eigenvalue weighted by Gasteiger charge is 2.45. The Morgan fingerprint density at radius 1 is 1.37 bits per heavy atom. The van der Waals surface area contributed by atoms with Gasteiger partial charge in [-0.3, -0.25) is 0 Å². The number of rotatable bonds is 7. The van der Waals surface area contributed by atoms with E-state index in [2.05, 4.69) is 35.9 Å². The van der Waals surface area contributed by atoms with Crippen LogP contribution in [-0.4, -0.2) is 45.4 Å². The van der Waals surface area contributed by atoms with Gasteiger partial charge in [-0.1, -0.05) is 0 Å². The predicted molar refractivity (Wildman–Crippen MR) is 112 cm³/mol. The fraction of sp³-hybridized carbons (Fsp3) is 0.600. The number of aryl methyl sites for hydroxylation is 2. The van der Waals surface area contributed by atoms with Crippen molar-refractivity contribution in [1.29, 1.82) is 5.26 Å². The summed E-state index contributed by atoms with van der Waals surface area (Å²) in [5.41, 5.74) is 1.50. The molecule has 2 aromatic rings. The first kappa shape index (κ1) is 20.9. The second-order valence-corrected chi connectivity index (χ2v) is 9.28. The molecule has 1 atom stereocenters. The summed E-state index contributed by atoms with van der Waals surface area (Å²) >= 11 is 1.35. The molecule has 1 aliphatic heterocycles. The minimum Gasteiger partial charge on any atom is -0.352 e. The minimum atomic E-state index is -2.54. The van der Waals surface area contributed by atoms with Crippen LogP contribution < -0.4 is 15.5 Å². The van der Waals surface area contributed by atoms with Crippen LogP contribution in [0, 0.1) is 31.1 Å². The molecule has 2 aliphatic rings. The first-order chi connectivity index (χ1) is 14.3. The van der Waals surface area contributed by atoms with Gasteiger partial charge in [0.1, 0.15) is 10.8 Å². The molecule has 4 rings (SSSR count). The molecule has 2 fully saturated rings. The van der Waals surface area contributed by atoms with Gasteiger partial charge in [-0.15, -0.1) is 0 Å². The van der Waals surface area contributed by atoms with Crippen LogP contribution in [0.3, 0.4) is 0 Å². The molecular weight excluding hydrogens is 408 g/mol. The monoisotopic (exact) mass is 433 g/mol. The number of nitriles is 1. The van der Waals surface area contributed by atoms with Crippen LogP contribution in [0.2, 0.25) is 0 Å². The molecular formula is C20H25F2N7S. The quantitative estimate of drug-likeness (QED) is 0.687. The summed E-state index contributed by atoms with van der Waals surface area (Å²) in [6.07, 6.45) is 2.54. The molecule has 3 heterocycles. The van der Waals surface area contributed by atoms with Gasteiger partial charge in [0, 0.05) is 37.7 Å². The summed E-state index contributed by atoms with van der Waals surface area (Å²) in [6.45, 7) is 5.62. The number of nitrogens with zero attached hydrogens (tertiary/aromatic N) is 5. The first-order valence-electron chi connectivity index (χ1n) is 10.1. The Balaban J connectivity index is 1.40. The smallest absolute Gasteiger partial charge is 0.248 e. The fourth-order valence-corrected chi connectivity index (χ4v) is 4.85. The second kappa shape index (κ2) is 8.04. The number of nitrogens with one attached hydrogen (secondary N) is 2. The summed E-state index contributed by atoms with van der Waals surface area (Å²) in [7, 11) is 0. The Morgan fingerprint density at radius 3 is 2.80 bits per heavy atom. The maximum Gasteiger partial charge on any atom is 0.248 e. The lowest BCUT2D eigenvalue weighted by atomic mass is 9.85. The summed E-state index contributed by atoms with van der Waals surface area (Å²) in [5, 5.41) is 16.8. The van der Waals surface area contributed by atoms with Crippen LogP contribution in [0.15, 0.2) is 12.3 Å². The molecule has 2 aromatic heterocycles. The number of hydrogen-bond acceptors (Lipinski definition) is 8. The molecule has 1 aliphatic carbocycles. The highest BCUT2D eigenvalue weighted by atomic mass is 32.1. The van der Waals surface area contributed by atoms with Gasteiger partial charge in [0.05, 0.1) is 23.7 Å². The van der Waals surface area contributed by atoms with Gasteiger partial charge in [-0.2, -0.15) is 14.6 Å². The normalized spacial score (nSPS) is 21.8. The molecule has 1 saturated carbocycles. The van der Waals surface area contributed by atoms with Crippen molar-refractivity contribution in [1.82, 2.24) is 19.7 Å². The van der Waals surface area contributed by atoms with E-state index < -0.39 is 5.92 Å². The highest BCUT2D eigenvalue weighted by Crippen LogP contribution is 2.39. The zero-order valence-electron chi connectivity index (χ0n) is 17.1. The second-order valence-electron chi connectivity index (χ2n) is 8.47. The van der Waals surface area contributed by atoms with Crippen molar-refractivity contribution in [2.45, 2.75) is 51.0 Å². The average Bonchev–Trinajstić information content (AvgIpc) is 3.23. The fourth-order valence-electron chi connectivity index (χ4n) is 4.19. The molecule has 0 spiro atoms. The van der Waals surface area contributed by atoms with Gasteiger partial charge in [0.2, 0.25) is 11.9 Å². The van der Waals surface area contributed by atoms with E-state index in [1.165, 1.54) is 11.5 Å². The van der Waals surface area contributed by atoms with Gasteiger partial charge in [0.15, 0.2) is 0 Å². The number of halogens is 2. The van der Waals surface area contributed by atoms with Crippen molar-refractivity contribution >= 4 is 28.3 Å². The molecule has 0 radical (unpaired) electrons. The van der Waals surface area contributed by atoms with E-state index >= 15 is 0 Å². The van der Waals surface area contributed by atoms with E-state index in [0.717, 1.165) is 22.1 Å². The van der Waals surface area contributed by atoms with Gasteiger partial charge in [-0.05, 0) is 50.3 Å². The van der Waals surface area contributed by atoms with E-state index in [1.54, 1.807) is 6.20 Å². The lowest BCUT2D eigenvalue weighted by Crippen LogP contribution is -2.70. The third kappa shape index (κ3) is 4.52.